The van der Waals surface area contributed by atoms with Crippen molar-refractivity contribution in [1.82, 2.24) is 14.4 Å². The van der Waals surface area contributed by atoms with Gasteiger partial charge < -0.3 is 10.1 Å². The fourth-order valence-corrected chi connectivity index (χ4v) is 2.20. The molecule has 96 valence electrons. The van der Waals surface area contributed by atoms with Crippen LogP contribution in [0.2, 0.25) is 0 Å². The largest absolute Gasteiger partial charge is 0.330 e. The lowest BCUT2D eigenvalue weighted by Gasteiger charge is -2.03. The van der Waals surface area contributed by atoms with Crippen molar-refractivity contribution in [2.45, 2.75) is 6.42 Å². The third-order valence-electron chi connectivity index (χ3n) is 3.04. The Morgan fingerprint density at radius 1 is 1.21 bits per heavy atom. The minimum Gasteiger partial charge on any atom is -0.330 e. The standard InChI is InChI=1S/C14H13FN4/c15-11-2-1-9-19-12(3-6-16)13(18-14(11)19)10-4-7-17-8-5-10/h1-2,4-5,7-9H,3,6,16H2. The molecule has 0 bridgehead atoms. The molecular formula is C14H13FN4. The molecule has 0 saturated carbocycles. The molecular weight excluding hydrogens is 243 g/mol. The predicted molar refractivity (Wildman–Crippen MR) is 71.1 cm³/mol. The van der Waals surface area contributed by atoms with Gasteiger partial charge in [0.15, 0.2) is 11.5 Å². The van der Waals surface area contributed by atoms with Gasteiger partial charge in [-0.25, -0.2) is 9.37 Å². The van der Waals surface area contributed by atoms with Gasteiger partial charge in [0.2, 0.25) is 0 Å². The number of halogens is 1. The van der Waals surface area contributed by atoms with Crippen molar-refractivity contribution in [3.63, 3.8) is 0 Å². The summed E-state index contributed by atoms with van der Waals surface area (Å²) in [6, 6.07) is 6.80. The Morgan fingerprint density at radius 3 is 2.74 bits per heavy atom. The van der Waals surface area contributed by atoms with Gasteiger partial charge in [-0.1, -0.05) is 0 Å². The molecule has 19 heavy (non-hydrogen) atoms. The van der Waals surface area contributed by atoms with Crippen LogP contribution in [0.15, 0.2) is 42.9 Å². The molecule has 0 atom stereocenters. The average Bonchev–Trinajstić information content (AvgIpc) is 2.81. The van der Waals surface area contributed by atoms with Crippen LogP contribution in [0.4, 0.5) is 4.39 Å². The van der Waals surface area contributed by atoms with Crippen LogP contribution in [-0.4, -0.2) is 20.9 Å². The monoisotopic (exact) mass is 256 g/mol. The van der Waals surface area contributed by atoms with Gasteiger partial charge in [-0.05, 0) is 30.8 Å². The van der Waals surface area contributed by atoms with Crippen LogP contribution in [0.1, 0.15) is 5.69 Å². The summed E-state index contributed by atoms with van der Waals surface area (Å²) in [7, 11) is 0. The molecule has 0 amide bonds. The minimum atomic E-state index is -0.332. The number of rotatable bonds is 3. The number of pyridine rings is 2. The Hall–Kier alpha value is -2.27. The zero-order valence-electron chi connectivity index (χ0n) is 10.3. The van der Waals surface area contributed by atoms with Gasteiger partial charge in [0.25, 0.3) is 0 Å². The van der Waals surface area contributed by atoms with Crippen LogP contribution in [0, 0.1) is 5.82 Å². The summed E-state index contributed by atoms with van der Waals surface area (Å²) in [5, 5.41) is 0. The fraction of sp³-hybridized carbons (Fsp3) is 0.143. The fourth-order valence-electron chi connectivity index (χ4n) is 2.20. The Bertz CT molecular complexity index is 706. The summed E-state index contributed by atoms with van der Waals surface area (Å²) in [5.74, 6) is -0.332. The van der Waals surface area contributed by atoms with Crippen LogP contribution >= 0.6 is 0 Å². The molecule has 0 fully saturated rings. The maximum atomic E-state index is 13.8. The number of nitrogens with zero attached hydrogens (tertiary/aromatic N) is 3. The molecule has 0 aliphatic rings. The van der Waals surface area contributed by atoms with Gasteiger partial charge in [0.1, 0.15) is 0 Å². The summed E-state index contributed by atoms with van der Waals surface area (Å²) in [6.45, 7) is 0.488. The van der Waals surface area contributed by atoms with Crippen molar-refractivity contribution < 1.29 is 4.39 Å². The zero-order valence-corrected chi connectivity index (χ0v) is 10.3. The molecule has 3 rings (SSSR count). The van der Waals surface area contributed by atoms with Gasteiger partial charge in [0, 0.05) is 30.6 Å². The smallest absolute Gasteiger partial charge is 0.173 e. The van der Waals surface area contributed by atoms with E-state index in [0.29, 0.717) is 18.6 Å². The van der Waals surface area contributed by atoms with Crippen molar-refractivity contribution in [3.8, 4) is 11.3 Å². The third kappa shape index (κ3) is 1.98. The molecule has 3 heterocycles. The number of hydrogen-bond acceptors (Lipinski definition) is 3. The van der Waals surface area contributed by atoms with Crippen molar-refractivity contribution in [2.24, 2.45) is 5.73 Å². The first-order valence-corrected chi connectivity index (χ1v) is 6.07. The van der Waals surface area contributed by atoms with Gasteiger partial charge in [-0.2, -0.15) is 0 Å². The molecule has 0 aromatic carbocycles. The molecule has 0 saturated heterocycles. The highest BCUT2D eigenvalue weighted by Gasteiger charge is 2.15. The van der Waals surface area contributed by atoms with Gasteiger partial charge >= 0.3 is 0 Å². The molecule has 0 radical (unpaired) electrons. The van der Waals surface area contributed by atoms with E-state index in [-0.39, 0.29) is 5.82 Å². The summed E-state index contributed by atoms with van der Waals surface area (Å²) in [5.41, 5.74) is 8.58. The third-order valence-corrected chi connectivity index (χ3v) is 3.04. The Labute approximate surface area is 109 Å². The lowest BCUT2D eigenvalue weighted by atomic mass is 10.1. The quantitative estimate of drug-likeness (QED) is 0.780. The average molecular weight is 256 g/mol. The van der Waals surface area contributed by atoms with E-state index in [2.05, 4.69) is 9.97 Å². The van der Waals surface area contributed by atoms with Crippen LogP contribution in [-0.2, 0) is 6.42 Å². The Balaban J connectivity index is 2.29. The number of imidazole rings is 1. The summed E-state index contributed by atoms with van der Waals surface area (Å²) < 4.78 is 15.6. The summed E-state index contributed by atoms with van der Waals surface area (Å²) in [4.78, 5) is 8.39. The highest BCUT2D eigenvalue weighted by molar-refractivity contribution is 5.66. The molecule has 0 spiro atoms. The second-order valence-corrected chi connectivity index (χ2v) is 4.23. The Kier molecular flexibility index (Phi) is 2.97. The van der Waals surface area contributed by atoms with E-state index in [4.69, 9.17) is 5.73 Å². The molecule has 5 heteroatoms. The van der Waals surface area contributed by atoms with E-state index >= 15 is 0 Å². The van der Waals surface area contributed by atoms with Gasteiger partial charge in [0.05, 0.1) is 11.4 Å². The number of nitrogens with two attached hydrogens (primary N) is 1. The van der Waals surface area contributed by atoms with Crippen molar-refractivity contribution in [3.05, 3.63) is 54.4 Å². The number of hydrogen-bond donors (Lipinski definition) is 1. The minimum absolute atomic E-state index is 0.331. The van der Waals surface area contributed by atoms with E-state index < -0.39 is 0 Å². The molecule has 3 aromatic rings. The molecule has 4 nitrogen and oxygen atoms in total. The highest BCUT2D eigenvalue weighted by Crippen LogP contribution is 2.25. The molecule has 0 aliphatic heterocycles. The van der Waals surface area contributed by atoms with E-state index in [1.165, 1.54) is 6.07 Å². The molecule has 0 unspecified atom stereocenters. The maximum Gasteiger partial charge on any atom is 0.173 e. The van der Waals surface area contributed by atoms with Crippen molar-refractivity contribution in [1.29, 1.82) is 0 Å². The van der Waals surface area contributed by atoms with Gasteiger partial charge in [-0.3, -0.25) is 4.98 Å². The predicted octanol–water partition coefficient (Wildman–Crippen LogP) is 2.04. The summed E-state index contributed by atoms with van der Waals surface area (Å²) >= 11 is 0. The van der Waals surface area contributed by atoms with Crippen LogP contribution in [0.3, 0.4) is 0 Å². The first-order chi connectivity index (χ1) is 9.31. The van der Waals surface area contributed by atoms with Crippen LogP contribution in [0.5, 0.6) is 0 Å². The summed E-state index contributed by atoms with van der Waals surface area (Å²) in [6.07, 6.45) is 5.84. The highest BCUT2D eigenvalue weighted by atomic mass is 19.1. The number of fused-ring (bicyclic) bond motifs is 1. The van der Waals surface area contributed by atoms with Crippen molar-refractivity contribution in [2.75, 3.05) is 6.54 Å². The van der Waals surface area contributed by atoms with E-state index in [9.17, 15) is 4.39 Å². The topological polar surface area (TPSA) is 56.2 Å². The first-order valence-electron chi connectivity index (χ1n) is 6.07. The van der Waals surface area contributed by atoms with E-state index in [0.717, 1.165) is 17.0 Å². The maximum absolute atomic E-state index is 13.8. The van der Waals surface area contributed by atoms with E-state index in [1.54, 1.807) is 29.1 Å². The Morgan fingerprint density at radius 2 is 2.00 bits per heavy atom. The SMILES string of the molecule is NCCc1c(-c2ccncc2)nc2c(F)cccn12. The zero-order chi connectivity index (χ0) is 13.2. The molecule has 2 N–H and O–H groups in total. The second-order valence-electron chi connectivity index (χ2n) is 4.23. The second kappa shape index (κ2) is 4.78. The van der Waals surface area contributed by atoms with Gasteiger partial charge in [-0.15, -0.1) is 0 Å². The molecule has 0 aliphatic carbocycles. The first kappa shape index (κ1) is 11.8. The normalized spacial score (nSPS) is 11.1. The molecule has 3 aromatic heterocycles. The van der Waals surface area contributed by atoms with Crippen LogP contribution in [0.25, 0.3) is 16.9 Å². The lowest BCUT2D eigenvalue weighted by Crippen LogP contribution is -2.06. The van der Waals surface area contributed by atoms with Crippen molar-refractivity contribution >= 4 is 5.65 Å². The van der Waals surface area contributed by atoms with Crippen LogP contribution < -0.4 is 5.73 Å². The lowest BCUT2D eigenvalue weighted by molar-refractivity contribution is 0.629. The number of aromatic nitrogens is 3. The van der Waals surface area contributed by atoms with E-state index in [1.807, 2.05) is 12.1 Å².